The summed E-state index contributed by atoms with van der Waals surface area (Å²) >= 11 is 0. The zero-order valence-corrected chi connectivity index (χ0v) is 41.6. The van der Waals surface area contributed by atoms with Gasteiger partial charge in [-0.15, -0.1) is 0 Å². The molecule has 1 heterocycles. The van der Waals surface area contributed by atoms with Crippen LogP contribution >= 0.6 is 0 Å². The van der Waals surface area contributed by atoms with Gasteiger partial charge in [0.15, 0.2) is 0 Å². The molecule has 2 heteroatoms. The zero-order chi connectivity index (χ0) is 50.2. The number of hydrogen-bond acceptors (Lipinski definition) is 2. The molecule has 0 bridgehead atoms. The number of furan rings is 1. The fourth-order valence-corrected chi connectivity index (χ4v) is 13.3. The van der Waals surface area contributed by atoms with Crippen LogP contribution in [0.4, 0.5) is 17.1 Å². The molecule has 356 valence electrons. The van der Waals surface area contributed by atoms with Gasteiger partial charge >= 0.3 is 0 Å². The smallest absolute Gasteiger partial charge is 0.143 e. The van der Waals surface area contributed by atoms with E-state index < -0.39 is 10.8 Å². The van der Waals surface area contributed by atoms with E-state index in [4.69, 9.17) is 4.42 Å². The summed E-state index contributed by atoms with van der Waals surface area (Å²) < 4.78 is 6.53. The lowest BCUT2D eigenvalue weighted by atomic mass is 9.67. The van der Waals surface area contributed by atoms with Gasteiger partial charge < -0.3 is 9.32 Å². The average Bonchev–Trinajstić information content (AvgIpc) is 4.21. The van der Waals surface area contributed by atoms with Crippen LogP contribution in [0.3, 0.4) is 0 Å². The van der Waals surface area contributed by atoms with E-state index in [1.807, 2.05) is 6.07 Å². The van der Waals surface area contributed by atoms with Crippen molar-refractivity contribution in [2.45, 2.75) is 10.8 Å². The molecule has 13 aromatic rings. The predicted molar refractivity (Wildman–Crippen MR) is 314 cm³/mol. The highest BCUT2D eigenvalue weighted by molar-refractivity contribution is 6.09. The molecule has 0 N–H and O–H groups in total. The maximum absolute atomic E-state index is 6.53. The topological polar surface area (TPSA) is 16.4 Å². The zero-order valence-electron chi connectivity index (χ0n) is 41.6. The Kier molecular flexibility index (Phi) is 10.0. The molecule has 0 aliphatic heterocycles. The molecule has 0 amide bonds. The molecule has 15 rings (SSSR count). The van der Waals surface area contributed by atoms with Crippen LogP contribution in [-0.4, -0.2) is 0 Å². The number of nitrogens with zero attached hydrogens (tertiary/aromatic N) is 1. The SMILES string of the molecule is c1ccc(C2(c3ccccc3)c3ccccc3-c3ccc(N(c4ccc(-c5cccc(-c6cccc7c6oc6ccccc67)c5)cc4)c4cccc5c4-c4ccccc4C5(c4ccccc4)c4ccccc4)cc32)cc1. The Bertz CT molecular complexity index is 4250. The Morgan fingerprint density at radius 2 is 0.750 bits per heavy atom. The average molecular weight is 968 g/mol. The van der Waals surface area contributed by atoms with Gasteiger partial charge in [0.25, 0.3) is 0 Å². The maximum Gasteiger partial charge on any atom is 0.143 e. The monoisotopic (exact) mass is 967 g/mol. The maximum atomic E-state index is 6.53. The second-order valence-electron chi connectivity index (χ2n) is 20.2. The highest BCUT2D eigenvalue weighted by Gasteiger charge is 2.49. The Morgan fingerprint density at radius 1 is 0.276 bits per heavy atom. The van der Waals surface area contributed by atoms with Gasteiger partial charge in [-0.05, 0) is 120 Å². The van der Waals surface area contributed by atoms with Gasteiger partial charge in [0, 0.05) is 33.3 Å². The highest BCUT2D eigenvalue weighted by atomic mass is 16.3. The van der Waals surface area contributed by atoms with Gasteiger partial charge in [-0.3, -0.25) is 0 Å². The number of anilines is 3. The minimum Gasteiger partial charge on any atom is -0.455 e. The molecule has 0 fully saturated rings. The van der Waals surface area contributed by atoms with Crippen molar-refractivity contribution in [3.8, 4) is 44.5 Å². The molecular formula is C74H49NO. The third-order valence-electron chi connectivity index (χ3n) is 16.4. The summed E-state index contributed by atoms with van der Waals surface area (Å²) in [5.41, 5.74) is 23.4. The van der Waals surface area contributed by atoms with Crippen molar-refractivity contribution in [3.05, 3.63) is 342 Å². The first-order valence-electron chi connectivity index (χ1n) is 26.3. The molecule has 0 unspecified atom stereocenters. The Labute approximate surface area is 443 Å². The van der Waals surface area contributed by atoms with E-state index in [0.717, 1.165) is 61.3 Å². The van der Waals surface area contributed by atoms with Crippen molar-refractivity contribution in [2.24, 2.45) is 0 Å². The third-order valence-corrected chi connectivity index (χ3v) is 16.4. The molecule has 2 aliphatic rings. The molecule has 2 aliphatic carbocycles. The van der Waals surface area contributed by atoms with Gasteiger partial charge in [0.05, 0.1) is 16.5 Å². The van der Waals surface area contributed by atoms with Crippen molar-refractivity contribution in [3.63, 3.8) is 0 Å². The van der Waals surface area contributed by atoms with Crippen molar-refractivity contribution in [1.29, 1.82) is 0 Å². The van der Waals surface area contributed by atoms with E-state index in [2.05, 4.69) is 296 Å². The van der Waals surface area contributed by atoms with Gasteiger partial charge in [0.2, 0.25) is 0 Å². The van der Waals surface area contributed by atoms with Crippen LogP contribution in [-0.2, 0) is 10.8 Å². The lowest BCUT2D eigenvalue weighted by molar-refractivity contribution is 0.670. The fraction of sp³-hybridized carbons (Fsp3) is 0.0270. The second kappa shape index (κ2) is 17.4. The van der Waals surface area contributed by atoms with Crippen LogP contribution in [0.2, 0.25) is 0 Å². The number of rotatable bonds is 9. The summed E-state index contributed by atoms with van der Waals surface area (Å²) in [6.45, 7) is 0. The summed E-state index contributed by atoms with van der Waals surface area (Å²) in [6.07, 6.45) is 0. The van der Waals surface area contributed by atoms with Gasteiger partial charge in [-0.1, -0.05) is 255 Å². The van der Waals surface area contributed by atoms with Crippen molar-refractivity contribution >= 4 is 39.0 Å². The molecule has 0 spiro atoms. The Hall–Kier alpha value is -9.76. The van der Waals surface area contributed by atoms with Crippen LogP contribution < -0.4 is 4.90 Å². The van der Waals surface area contributed by atoms with Crippen LogP contribution in [0.25, 0.3) is 66.4 Å². The second-order valence-corrected chi connectivity index (χ2v) is 20.2. The first-order chi connectivity index (χ1) is 37.7. The first kappa shape index (κ1) is 43.8. The quantitative estimate of drug-likeness (QED) is 0.143. The van der Waals surface area contributed by atoms with E-state index >= 15 is 0 Å². The molecule has 0 radical (unpaired) electrons. The fourth-order valence-electron chi connectivity index (χ4n) is 13.3. The van der Waals surface area contributed by atoms with E-state index in [1.165, 1.54) is 66.8 Å². The predicted octanol–water partition coefficient (Wildman–Crippen LogP) is 19.1. The van der Waals surface area contributed by atoms with E-state index in [0.29, 0.717) is 0 Å². The summed E-state index contributed by atoms with van der Waals surface area (Å²) in [6, 6.07) is 110. The number of fused-ring (bicyclic) bond motifs is 9. The molecular weight excluding hydrogens is 919 g/mol. The summed E-state index contributed by atoms with van der Waals surface area (Å²) in [5, 5.41) is 2.26. The number of para-hydroxylation sites is 2. The minimum absolute atomic E-state index is 0.562. The Morgan fingerprint density at radius 3 is 1.42 bits per heavy atom. The van der Waals surface area contributed by atoms with Crippen molar-refractivity contribution in [1.82, 2.24) is 0 Å². The molecule has 0 atom stereocenters. The van der Waals surface area contributed by atoms with Crippen LogP contribution in [0, 0.1) is 0 Å². The number of benzene rings is 12. The van der Waals surface area contributed by atoms with Gasteiger partial charge in [0.1, 0.15) is 11.2 Å². The summed E-state index contributed by atoms with van der Waals surface area (Å²) in [5.74, 6) is 0. The summed E-state index contributed by atoms with van der Waals surface area (Å²) in [7, 11) is 0. The van der Waals surface area contributed by atoms with Gasteiger partial charge in [-0.25, -0.2) is 0 Å². The minimum atomic E-state index is -0.571. The van der Waals surface area contributed by atoms with E-state index in [1.54, 1.807) is 0 Å². The Balaban J connectivity index is 0.958. The summed E-state index contributed by atoms with van der Waals surface area (Å²) in [4.78, 5) is 2.52. The van der Waals surface area contributed by atoms with E-state index in [9.17, 15) is 0 Å². The van der Waals surface area contributed by atoms with Crippen molar-refractivity contribution < 1.29 is 4.42 Å². The molecule has 0 saturated carbocycles. The van der Waals surface area contributed by atoms with Crippen LogP contribution in [0.1, 0.15) is 44.5 Å². The molecule has 12 aromatic carbocycles. The normalized spacial score (nSPS) is 13.5. The lowest BCUT2D eigenvalue weighted by Gasteiger charge is -2.35. The third kappa shape index (κ3) is 6.41. The molecule has 0 saturated heterocycles. The molecule has 1 aromatic heterocycles. The molecule has 76 heavy (non-hydrogen) atoms. The first-order valence-corrected chi connectivity index (χ1v) is 26.3. The van der Waals surface area contributed by atoms with Crippen molar-refractivity contribution in [2.75, 3.05) is 4.90 Å². The van der Waals surface area contributed by atoms with Crippen LogP contribution in [0.5, 0.6) is 0 Å². The number of hydrogen-bond donors (Lipinski definition) is 0. The van der Waals surface area contributed by atoms with Crippen LogP contribution in [0.15, 0.2) is 302 Å². The molecule has 2 nitrogen and oxygen atoms in total. The van der Waals surface area contributed by atoms with E-state index in [-0.39, 0.29) is 0 Å². The largest absolute Gasteiger partial charge is 0.455 e. The lowest BCUT2D eigenvalue weighted by Crippen LogP contribution is -2.29. The van der Waals surface area contributed by atoms with Gasteiger partial charge in [-0.2, -0.15) is 0 Å². The standard InChI is InChI=1S/C74H49NO/c1-5-24-53(25-6-1)73(54-26-7-2-8-27-54)66-38-17-14-34-64(66)71-67(73)39-21-40-69(71)75(57-44-42-50(43-45-57)51-22-19-23-52(48-51)59-35-20-36-63-62-33-15-18-41-70(62)76-72(59)63)58-46-47-61-60-32-13-16-37-65(60)74(68(61)49-58,55-28-9-3-10-29-55)56-30-11-4-12-31-56/h1-49H. The highest BCUT2D eigenvalue weighted by Crippen LogP contribution is 2.61.